The molecule has 1 aromatic carbocycles. The highest BCUT2D eigenvalue weighted by Crippen LogP contribution is 2.12. The average Bonchev–Trinajstić information content (AvgIpc) is 2.68. The number of carbonyl (C=O) groups excluding carboxylic acids is 1. The highest BCUT2D eigenvalue weighted by atomic mass is 16.6. The Balaban J connectivity index is 1.85. The van der Waals surface area contributed by atoms with Gasteiger partial charge in [0.1, 0.15) is 0 Å². The van der Waals surface area contributed by atoms with Gasteiger partial charge in [0.15, 0.2) is 5.96 Å². The van der Waals surface area contributed by atoms with Crippen LogP contribution in [0.3, 0.4) is 0 Å². The van der Waals surface area contributed by atoms with Gasteiger partial charge < -0.3 is 25.0 Å². The van der Waals surface area contributed by atoms with Gasteiger partial charge in [-0.05, 0) is 37.8 Å². The van der Waals surface area contributed by atoms with Gasteiger partial charge in [0.2, 0.25) is 0 Å². The Hall–Kier alpha value is -2.28. The molecule has 1 heterocycles. The molecule has 1 amide bonds. The van der Waals surface area contributed by atoms with E-state index in [-0.39, 0.29) is 6.09 Å². The van der Waals surface area contributed by atoms with Crippen LogP contribution in [-0.2, 0) is 22.6 Å². The summed E-state index contributed by atoms with van der Waals surface area (Å²) in [6.45, 7) is 7.76. The Morgan fingerprint density at radius 3 is 2.44 bits per heavy atom. The highest BCUT2D eigenvalue weighted by Gasteiger charge is 2.23. The van der Waals surface area contributed by atoms with Crippen molar-refractivity contribution in [2.75, 3.05) is 33.4 Å². The number of ether oxygens (including phenoxy) is 2. The van der Waals surface area contributed by atoms with Crippen LogP contribution in [0, 0.1) is 0 Å². The molecule has 150 valence electrons. The number of benzene rings is 1. The smallest absolute Gasteiger partial charge is 0.409 e. The van der Waals surface area contributed by atoms with Crippen LogP contribution in [0.2, 0.25) is 0 Å². The van der Waals surface area contributed by atoms with E-state index in [0.29, 0.717) is 38.9 Å². The van der Waals surface area contributed by atoms with E-state index in [1.807, 2.05) is 6.92 Å². The predicted molar refractivity (Wildman–Crippen MR) is 107 cm³/mol. The van der Waals surface area contributed by atoms with Gasteiger partial charge in [0, 0.05) is 32.8 Å². The van der Waals surface area contributed by atoms with Crippen LogP contribution >= 0.6 is 0 Å². The van der Waals surface area contributed by atoms with Crippen molar-refractivity contribution >= 4 is 12.1 Å². The fourth-order valence-corrected chi connectivity index (χ4v) is 3.01. The summed E-state index contributed by atoms with van der Waals surface area (Å²) in [5.41, 5.74) is 2.31. The minimum absolute atomic E-state index is 0.214. The molecule has 1 aliphatic heterocycles. The molecule has 7 nitrogen and oxygen atoms in total. The summed E-state index contributed by atoms with van der Waals surface area (Å²) in [7, 11) is 1.70. The molecule has 0 spiro atoms. The minimum Gasteiger partial charge on any atom is -0.450 e. The second kappa shape index (κ2) is 11.4. The number of methoxy groups -OCH3 is 1. The van der Waals surface area contributed by atoms with Gasteiger partial charge in [-0.15, -0.1) is 0 Å². The minimum atomic E-state index is -0.214. The topological polar surface area (TPSA) is 75.2 Å². The second-order valence-corrected chi connectivity index (χ2v) is 6.55. The summed E-state index contributed by atoms with van der Waals surface area (Å²) in [5, 5.41) is 6.79. The first-order chi connectivity index (χ1) is 13.2. The van der Waals surface area contributed by atoms with Gasteiger partial charge in [-0.3, -0.25) is 0 Å². The molecule has 0 unspecified atom stereocenters. The summed E-state index contributed by atoms with van der Waals surface area (Å²) in [6.07, 6.45) is 1.55. The standard InChI is InChI=1S/C20H32N4O3/c1-4-21-19(22-14-16-6-8-17(9-7-16)15-26-3)23-18-10-12-24(13-11-18)20(25)27-5-2/h6-9,18H,4-5,10-15H2,1-3H3,(H2,21,22,23). The van der Waals surface area contributed by atoms with E-state index >= 15 is 0 Å². The number of hydrogen-bond donors (Lipinski definition) is 2. The fraction of sp³-hybridized carbons (Fsp3) is 0.600. The van der Waals surface area contributed by atoms with Crippen LogP contribution in [0.5, 0.6) is 0 Å². The first kappa shape index (κ1) is 21.0. The molecule has 0 saturated carbocycles. The third-order valence-electron chi connectivity index (χ3n) is 4.46. The number of rotatable bonds is 7. The Kier molecular flexibility index (Phi) is 8.91. The zero-order valence-electron chi connectivity index (χ0n) is 16.7. The Bertz CT molecular complexity index is 596. The average molecular weight is 377 g/mol. The van der Waals surface area contributed by atoms with Crippen LogP contribution < -0.4 is 10.6 Å². The van der Waals surface area contributed by atoms with E-state index in [2.05, 4.69) is 41.8 Å². The maximum absolute atomic E-state index is 11.8. The molecule has 0 aliphatic carbocycles. The number of nitrogens with one attached hydrogen (secondary N) is 2. The molecule has 7 heteroatoms. The predicted octanol–water partition coefficient (Wildman–Crippen LogP) is 2.51. The van der Waals surface area contributed by atoms with Crippen molar-refractivity contribution in [2.45, 2.75) is 45.9 Å². The number of nitrogens with zero attached hydrogens (tertiary/aromatic N) is 2. The molecule has 27 heavy (non-hydrogen) atoms. The summed E-state index contributed by atoms with van der Waals surface area (Å²) >= 11 is 0. The lowest BCUT2D eigenvalue weighted by Gasteiger charge is -2.32. The van der Waals surface area contributed by atoms with E-state index in [9.17, 15) is 4.79 Å². The number of likely N-dealkylation sites (tertiary alicyclic amines) is 1. The van der Waals surface area contributed by atoms with Gasteiger partial charge in [-0.2, -0.15) is 0 Å². The molecule has 0 bridgehead atoms. The summed E-state index contributed by atoms with van der Waals surface area (Å²) in [4.78, 5) is 18.3. The molecule has 1 aromatic rings. The van der Waals surface area contributed by atoms with Crippen molar-refractivity contribution in [2.24, 2.45) is 4.99 Å². The van der Waals surface area contributed by atoms with E-state index < -0.39 is 0 Å². The highest BCUT2D eigenvalue weighted by molar-refractivity contribution is 5.80. The zero-order valence-corrected chi connectivity index (χ0v) is 16.7. The van der Waals surface area contributed by atoms with Crippen molar-refractivity contribution in [3.63, 3.8) is 0 Å². The number of aliphatic imine (C=N–C) groups is 1. The quantitative estimate of drug-likeness (QED) is 0.565. The number of amides is 1. The molecule has 0 radical (unpaired) electrons. The monoisotopic (exact) mass is 376 g/mol. The lowest BCUT2D eigenvalue weighted by atomic mass is 10.1. The van der Waals surface area contributed by atoms with Crippen molar-refractivity contribution in [1.29, 1.82) is 0 Å². The summed E-state index contributed by atoms with van der Waals surface area (Å²) in [6, 6.07) is 8.61. The van der Waals surface area contributed by atoms with Crippen molar-refractivity contribution in [3.05, 3.63) is 35.4 Å². The van der Waals surface area contributed by atoms with Crippen LogP contribution in [-0.4, -0.2) is 56.3 Å². The van der Waals surface area contributed by atoms with Gasteiger partial charge in [0.05, 0.1) is 19.8 Å². The normalized spacial score (nSPS) is 15.5. The Morgan fingerprint density at radius 1 is 1.19 bits per heavy atom. The van der Waals surface area contributed by atoms with Gasteiger partial charge >= 0.3 is 6.09 Å². The van der Waals surface area contributed by atoms with E-state index in [0.717, 1.165) is 36.5 Å². The van der Waals surface area contributed by atoms with E-state index in [4.69, 9.17) is 14.5 Å². The number of carbonyl (C=O) groups is 1. The lowest BCUT2D eigenvalue weighted by Crippen LogP contribution is -2.49. The molecule has 1 fully saturated rings. The van der Waals surface area contributed by atoms with Crippen LogP contribution in [0.15, 0.2) is 29.3 Å². The third-order valence-corrected chi connectivity index (χ3v) is 4.46. The van der Waals surface area contributed by atoms with Gasteiger partial charge in [0.25, 0.3) is 0 Å². The molecule has 1 aliphatic rings. The van der Waals surface area contributed by atoms with Gasteiger partial charge in [-0.25, -0.2) is 9.79 Å². The SMILES string of the molecule is CCNC(=NCc1ccc(COC)cc1)NC1CCN(C(=O)OCC)CC1. The number of piperidine rings is 1. The lowest BCUT2D eigenvalue weighted by molar-refractivity contribution is 0.0963. The van der Waals surface area contributed by atoms with Crippen molar-refractivity contribution < 1.29 is 14.3 Å². The molecule has 1 saturated heterocycles. The zero-order chi connectivity index (χ0) is 19.5. The maximum atomic E-state index is 11.8. The molecule has 2 rings (SSSR count). The van der Waals surface area contributed by atoms with E-state index in [1.54, 1.807) is 12.0 Å². The first-order valence-corrected chi connectivity index (χ1v) is 9.69. The van der Waals surface area contributed by atoms with Crippen molar-refractivity contribution in [1.82, 2.24) is 15.5 Å². The van der Waals surface area contributed by atoms with Crippen LogP contribution in [0.25, 0.3) is 0 Å². The van der Waals surface area contributed by atoms with Crippen LogP contribution in [0.4, 0.5) is 4.79 Å². The Labute approximate surface area is 162 Å². The number of hydrogen-bond acceptors (Lipinski definition) is 4. The summed E-state index contributed by atoms with van der Waals surface area (Å²) in [5.74, 6) is 0.813. The maximum Gasteiger partial charge on any atom is 0.409 e. The van der Waals surface area contributed by atoms with Crippen LogP contribution in [0.1, 0.15) is 37.8 Å². The van der Waals surface area contributed by atoms with E-state index in [1.165, 1.54) is 0 Å². The summed E-state index contributed by atoms with van der Waals surface area (Å²) < 4.78 is 10.2. The van der Waals surface area contributed by atoms with Gasteiger partial charge in [-0.1, -0.05) is 24.3 Å². The molecule has 0 atom stereocenters. The number of guanidine groups is 1. The third kappa shape index (κ3) is 7.09. The molecule has 0 aromatic heterocycles. The molecule has 2 N–H and O–H groups in total. The Morgan fingerprint density at radius 2 is 1.85 bits per heavy atom. The second-order valence-electron chi connectivity index (χ2n) is 6.55. The largest absolute Gasteiger partial charge is 0.450 e. The molecular weight excluding hydrogens is 344 g/mol. The first-order valence-electron chi connectivity index (χ1n) is 9.69. The fourth-order valence-electron chi connectivity index (χ4n) is 3.01. The van der Waals surface area contributed by atoms with Crippen molar-refractivity contribution in [3.8, 4) is 0 Å². The molecular formula is C20H32N4O3.